The van der Waals surface area contributed by atoms with E-state index in [0.29, 0.717) is 0 Å². The van der Waals surface area contributed by atoms with Crippen LogP contribution in [0, 0.1) is 5.92 Å². The Morgan fingerprint density at radius 2 is 2.11 bits per heavy atom. The lowest BCUT2D eigenvalue weighted by atomic mass is 9.92. The Hall–Kier alpha value is -1.59. The lowest BCUT2D eigenvalue weighted by molar-refractivity contribution is 0.0839. The predicted octanol–water partition coefficient (Wildman–Crippen LogP) is 1.14. The normalized spacial score (nSPS) is 24.1. The van der Waals surface area contributed by atoms with Crippen LogP contribution in [0.5, 0.6) is 0 Å². The van der Waals surface area contributed by atoms with Crippen LogP contribution in [0.2, 0.25) is 0 Å². The summed E-state index contributed by atoms with van der Waals surface area (Å²) in [6.45, 7) is 2.42. The van der Waals surface area contributed by atoms with E-state index in [-0.39, 0.29) is 18.6 Å². The number of likely N-dealkylation sites (tertiary alicyclic amines) is 1. The zero-order chi connectivity index (χ0) is 13.7. The van der Waals surface area contributed by atoms with Crippen molar-refractivity contribution in [1.29, 1.82) is 0 Å². The highest BCUT2D eigenvalue weighted by molar-refractivity contribution is 5.64. The second-order valence-corrected chi connectivity index (χ2v) is 5.01. The van der Waals surface area contributed by atoms with Crippen molar-refractivity contribution >= 4 is 6.09 Å². The summed E-state index contributed by atoms with van der Waals surface area (Å²) >= 11 is 0. The minimum atomic E-state index is -1.01. The van der Waals surface area contributed by atoms with Crippen LogP contribution in [-0.2, 0) is 6.54 Å². The van der Waals surface area contributed by atoms with Crippen molar-refractivity contribution in [3.63, 3.8) is 0 Å². The number of nitrogens with one attached hydrogen (secondary N) is 1. The quantitative estimate of drug-likeness (QED) is 0.762. The van der Waals surface area contributed by atoms with Crippen LogP contribution >= 0.6 is 0 Å². The maximum atomic E-state index is 10.7. The highest BCUT2D eigenvalue weighted by Crippen LogP contribution is 2.19. The van der Waals surface area contributed by atoms with Crippen molar-refractivity contribution in [1.82, 2.24) is 10.2 Å². The Kier molecular flexibility index (Phi) is 4.76. The van der Waals surface area contributed by atoms with Gasteiger partial charge in [-0.15, -0.1) is 0 Å². The number of hydrogen-bond acceptors (Lipinski definition) is 3. The van der Waals surface area contributed by atoms with Gasteiger partial charge in [0.25, 0.3) is 0 Å². The number of rotatable bonds is 4. The van der Waals surface area contributed by atoms with Gasteiger partial charge in [-0.2, -0.15) is 0 Å². The van der Waals surface area contributed by atoms with E-state index in [1.165, 1.54) is 5.56 Å². The second-order valence-electron chi connectivity index (χ2n) is 5.01. The molecule has 0 aliphatic carbocycles. The van der Waals surface area contributed by atoms with E-state index in [1.54, 1.807) is 0 Å². The summed E-state index contributed by atoms with van der Waals surface area (Å²) in [6, 6.07) is 10.0. The molecule has 2 rings (SSSR count). The monoisotopic (exact) mass is 264 g/mol. The van der Waals surface area contributed by atoms with Crippen molar-refractivity contribution in [2.75, 3.05) is 19.7 Å². The average molecular weight is 264 g/mol. The smallest absolute Gasteiger partial charge is 0.404 e. The number of piperidine rings is 1. The van der Waals surface area contributed by atoms with Crippen LogP contribution in [-0.4, -0.2) is 46.9 Å². The standard InChI is InChI=1S/C14H20N2O3/c17-10-12-9-16(7-6-13(12)15-14(18)19)8-11-4-2-1-3-5-11/h1-5,12-13,15,17H,6-10H2,(H,18,19)/t12-,13+/m1/s1. The molecule has 2 atom stereocenters. The molecule has 1 aromatic rings. The number of amides is 1. The highest BCUT2D eigenvalue weighted by atomic mass is 16.4. The van der Waals surface area contributed by atoms with Gasteiger partial charge in [-0.25, -0.2) is 4.79 Å². The molecule has 1 aliphatic heterocycles. The fourth-order valence-corrected chi connectivity index (χ4v) is 2.63. The highest BCUT2D eigenvalue weighted by Gasteiger charge is 2.29. The van der Waals surface area contributed by atoms with Crippen LogP contribution in [0.4, 0.5) is 4.79 Å². The third kappa shape index (κ3) is 3.94. The van der Waals surface area contributed by atoms with Crippen molar-refractivity contribution in [2.45, 2.75) is 19.0 Å². The minimum Gasteiger partial charge on any atom is -0.465 e. The molecule has 5 heteroatoms. The first kappa shape index (κ1) is 13.8. The topological polar surface area (TPSA) is 72.8 Å². The maximum absolute atomic E-state index is 10.7. The van der Waals surface area contributed by atoms with Crippen molar-refractivity contribution in [2.24, 2.45) is 5.92 Å². The van der Waals surface area contributed by atoms with Gasteiger partial charge in [0, 0.05) is 38.2 Å². The van der Waals surface area contributed by atoms with Gasteiger partial charge in [0.05, 0.1) is 0 Å². The largest absolute Gasteiger partial charge is 0.465 e. The molecule has 104 valence electrons. The van der Waals surface area contributed by atoms with E-state index < -0.39 is 6.09 Å². The van der Waals surface area contributed by atoms with E-state index in [1.807, 2.05) is 18.2 Å². The summed E-state index contributed by atoms with van der Waals surface area (Å²) in [6.07, 6.45) is -0.273. The average Bonchev–Trinajstić information content (AvgIpc) is 2.41. The van der Waals surface area contributed by atoms with E-state index in [9.17, 15) is 9.90 Å². The molecule has 1 aromatic carbocycles. The van der Waals surface area contributed by atoms with Crippen LogP contribution in [0.25, 0.3) is 0 Å². The fourth-order valence-electron chi connectivity index (χ4n) is 2.63. The molecule has 0 spiro atoms. The SMILES string of the molecule is O=C(O)N[C@H]1CCN(Cc2ccccc2)C[C@@H]1CO. The molecule has 1 amide bonds. The van der Waals surface area contributed by atoms with Crippen molar-refractivity contribution in [3.8, 4) is 0 Å². The molecule has 1 fully saturated rings. The minimum absolute atomic E-state index is 0.0102. The lowest BCUT2D eigenvalue weighted by Gasteiger charge is -2.37. The van der Waals surface area contributed by atoms with Gasteiger partial charge in [-0.3, -0.25) is 4.90 Å². The van der Waals surface area contributed by atoms with Crippen LogP contribution in [0.15, 0.2) is 30.3 Å². The third-order valence-electron chi connectivity index (χ3n) is 3.61. The Balaban J connectivity index is 1.91. The fraction of sp³-hybridized carbons (Fsp3) is 0.500. The number of carbonyl (C=O) groups is 1. The molecule has 0 radical (unpaired) electrons. The molecule has 19 heavy (non-hydrogen) atoms. The van der Waals surface area contributed by atoms with E-state index in [2.05, 4.69) is 22.3 Å². The molecule has 3 N–H and O–H groups in total. The van der Waals surface area contributed by atoms with Gasteiger partial charge in [0.1, 0.15) is 0 Å². The van der Waals surface area contributed by atoms with E-state index in [0.717, 1.165) is 26.1 Å². The summed E-state index contributed by atoms with van der Waals surface area (Å²) in [5.41, 5.74) is 1.24. The van der Waals surface area contributed by atoms with E-state index >= 15 is 0 Å². The molecule has 1 saturated heterocycles. The summed E-state index contributed by atoms with van der Waals surface area (Å²) in [7, 11) is 0. The maximum Gasteiger partial charge on any atom is 0.404 e. The first-order valence-electron chi connectivity index (χ1n) is 6.55. The third-order valence-corrected chi connectivity index (χ3v) is 3.61. The molecule has 0 bridgehead atoms. The summed E-state index contributed by atoms with van der Waals surface area (Å²) in [5, 5.41) is 20.7. The van der Waals surface area contributed by atoms with Crippen molar-refractivity contribution in [3.05, 3.63) is 35.9 Å². The molecule has 0 saturated carbocycles. The summed E-state index contributed by atoms with van der Waals surface area (Å²) in [4.78, 5) is 13.0. The van der Waals surface area contributed by atoms with Gasteiger partial charge in [-0.05, 0) is 12.0 Å². The molecule has 1 heterocycles. The first-order chi connectivity index (χ1) is 9.19. The Morgan fingerprint density at radius 3 is 2.74 bits per heavy atom. The number of carboxylic acid groups (broad SMARTS) is 1. The number of nitrogens with zero attached hydrogens (tertiary/aromatic N) is 1. The van der Waals surface area contributed by atoms with Gasteiger partial charge >= 0.3 is 6.09 Å². The van der Waals surface area contributed by atoms with Gasteiger partial charge in [0.2, 0.25) is 0 Å². The molecular weight excluding hydrogens is 244 g/mol. The molecule has 0 aromatic heterocycles. The van der Waals surface area contributed by atoms with Crippen LogP contribution in [0.3, 0.4) is 0 Å². The molecule has 0 unspecified atom stereocenters. The predicted molar refractivity (Wildman–Crippen MR) is 71.9 cm³/mol. The van der Waals surface area contributed by atoms with E-state index in [4.69, 9.17) is 5.11 Å². The number of hydrogen-bond donors (Lipinski definition) is 3. The number of aliphatic hydroxyl groups excluding tert-OH is 1. The molecule has 5 nitrogen and oxygen atoms in total. The van der Waals surface area contributed by atoms with Gasteiger partial charge in [-0.1, -0.05) is 30.3 Å². The summed E-state index contributed by atoms with van der Waals surface area (Å²) < 4.78 is 0. The number of aliphatic hydroxyl groups is 1. The van der Waals surface area contributed by atoms with Crippen LogP contribution < -0.4 is 5.32 Å². The zero-order valence-corrected chi connectivity index (χ0v) is 10.8. The lowest BCUT2D eigenvalue weighted by Crippen LogP contribution is -2.51. The first-order valence-corrected chi connectivity index (χ1v) is 6.55. The Bertz CT molecular complexity index is 410. The zero-order valence-electron chi connectivity index (χ0n) is 10.8. The molecule has 1 aliphatic rings. The van der Waals surface area contributed by atoms with Gasteiger partial charge < -0.3 is 15.5 Å². The Morgan fingerprint density at radius 1 is 1.37 bits per heavy atom. The summed E-state index contributed by atoms with van der Waals surface area (Å²) in [5.74, 6) is -0.0337. The van der Waals surface area contributed by atoms with Gasteiger partial charge in [0.15, 0.2) is 0 Å². The second kappa shape index (κ2) is 6.54. The Labute approximate surface area is 112 Å². The molecular formula is C14H20N2O3. The van der Waals surface area contributed by atoms with Crippen LogP contribution in [0.1, 0.15) is 12.0 Å². The number of benzene rings is 1. The van der Waals surface area contributed by atoms with Crippen molar-refractivity contribution < 1.29 is 15.0 Å².